The van der Waals surface area contributed by atoms with Crippen LogP contribution in [0.2, 0.25) is 0 Å². The normalized spacial score (nSPS) is 15.0. The number of amides is 2. The molecule has 8 heteroatoms. The van der Waals surface area contributed by atoms with Crippen LogP contribution in [0.15, 0.2) is 67.0 Å². The van der Waals surface area contributed by atoms with Gasteiger partial charge in [-0.2, -0.15) is 0 Å². The third-order valence-corrected chi connectivity index (χ3v) is 9.84. The number of aromatic hydroxyl groups is 1. The second kappa shape index (κ2) is 13.4. The van der Waals surface area contributed by atoms with Crippen molar-refractivity contribution in [3.05, 3.63) is 100 Å². The zero-order valence-electron chi connectivity index (χ0n) is 27.3. The fourth-order valence-corrected chi connectivity index (χ4v) is 7.08. The fraction of sp³-hybridized carbons (Fsp3) is 0.368. The summed E-state index contributed by atoms with van der Waals surface area (Å²) in [5, 5.41) is 15.5. The van der Waals surface area contributed by atoms with Gasteiger partial charge in [0.05, 0.1) is 12.6 Å². The Morgan fingerprint density at radius 3 is 2.39 bits per heavy atom. The number of aryl methyl sites for hydroxylation is 2. The minimum absolute atomic E-state index is 0.0123. The van der Waals surface area contributed by atoms with Crippen molar-refractivity contribution in [1.29, 1.82) is 0 Å². The molecule has 3 aromatic carbocycles. The average molecular weight is 620 g/mol. The third kappa shape index (κ3) is 6.97. The van der Waals surface area contributed by atoms with Crippen LogP contribution in [-0.2, 0) is 22.6 Å². The van der Waals surface area contributed by atoms with Gasteiger partial charge >= 0.3 is 0 Å². The van der Waals surface area contributed by atoms with Crippen molar-refractivity contribution in [2.45, 2.75) is 65.5 Å². The number of carbonyl (C=O) groups excluding carboxylic acids is 2. The molecule has 46 heavy (non-hydrogen) atoms. The third-order valence-electron chi connectivity index (χ3n) is 9.84. The van der Waals surface area contributed by atoms with E-state index in [1.165, 1.54) is 22.3 Å². The zero-order chi connectivity index (χ0) is 32.4. The van der Waals surface area contributed by atoms with Crippen molar-refractivity contribution in [1.82, 2.24) is 25.1 Å². The molecule has 2 amide bonds. The van der Waals surface area contributed by atoms with Gasteiger partial charge in [0, 0.05) is 54.2 Å². The number of fused-ring (bicyclic) bond motifs is 2. The minimum Gasteiger partial charge on any atom is -0.508 e. The number of hydrogen-bond acceptors (Lipinski definition) is 4. The maximum absolute atomic E-state index is 13.6. The molecule has 3 heterocycles. The van der Waals surface area contributed by atoms with Crippen molar-refractivity contribution in [3.8, 4) is 5.75 Å². The molecule has 1 atom stereocenters. The summed E-state index contributed by atoms with van der Waals surface area (Å²) in [6, 6.07) is 17.7. The summed E-state index contributed by atoms with van der Waals surface area (Å²) in [4.78, 5) is 37.3. The quantitative estimate of drug-likeness (QED) is 0.149. The summed E-state index contributed by atoms with van der Waals surface area (Å²) < 4.78 is 0. The summed E-state index contributed by atoms with van der Waals surface area (Å²) in [5.41, 5.74) is 9.25. The van der Waals surface area contributed by atoms with Gasteiger partial charge in [-0.15, -0.1) is 0 Å². The Morgan fingerprint density at radius 1 is 0.957 bits per heavy atom. The maximum Gasteiger partial charge on any atom is 0.234 e. The predicted molar refractivity (Wildman–Crippen MR) is 184 cm³/mol. The van der Waals surface area contributed by atoms with E-state index in [1.807, 2.05) is 35.4 Å². The SMILES string of the molecule is CC(=O)N(Cc1cc(C)c(C)c(C)c1)C[C@@H](Cc1c[nH]c2ccccc12)NC(=O)CN1CCC(c2c[nH]c3ccc(O)cc23)CC1. The molecule has 6 rings (SSSR count). The fourth-order valence-electron chi connectivity index (χ4n) is 7.08. The van der Waals surface area contributed by atoms with Gasteiger partial charge in [0.2, 0.25) is 11.8 Å². The van der Waals surface area contributed by atoms with Crippen molar-refractivity contribution in [3.63, 3.8) is 0 Å². The number of aromatic nitrogens is 2. The molecule has 0 radical (unpaired) electrons. The monoisotopic (exact) mass is 619 g/mol. The molecular formula is C38H45N5O3. The lowest BCUT2D eigenvalue weighted by Gasteiger charge is -2.32. The van der Waals surface area contributed by atoms with Gasteiger partial charge in [0.1, 0.15) is 5.75 Å². The zero-order valence-corrected chi connectivity index (χ0v) is 27.3. The van der Waals surface area contributed by atoms with Gasteiger partial charge in [-0.1, -0.05) is 30.3 Å². The van der Waals surface area contributed by atoms with Crippen LogP contribution in [0.25, 0.3) is 21.8 Å². The van der Waals surface area contributed by atoms with E-state index < -0.39 is 0 Å². The number of H-pyrrole nitrogens is 2. The van der Waals surface area contributed by atoms with Crippen LogP contribution < -0.4 is 5.32 Å². The molecule has 0 bridgehead atoms. The molecule has 1 saturated heterocycles. The lowest BCUT2D eigenvalue weighted by atomic mass is 9.89. The highest BCUT2D eigenvalue weighted by Gasteiger charge is 2.26. The van der Waals surface area contributed by atoms with Crippen molar-refractivity contribution in [2.75, 3.05) is 26.2 Å². The number of nitrogens with one attached hydrogen (secondary N) is 3. The van der Waals surface area contributed by atoms with Crippen LogP contribution in [0, 0.1) is 20.8 Å². The number of piperidine rings is 1. The van der Waals surface area contributed by atoms with E-state index in [2.05, 4.69) is 71.4 Å². The van der Waals surface area contributed by atoms with Gasteiger partial charge in [0.15, 0.2) is 0 Å². The molecule has 0 unspecified atom stereocenters. The number of aromatic amines is 2. The number of para-hydroxylation sites is 1. The second-order valence-electron chi connectivity index (χ2n) is 13.1. The summed E-state index contributed by atoms with van der Waals surface area (Å²) in [6.07, 6.45) is 6.58. The van der Waals surface area contributed by atoms with Gasteiger partial charge in [-0.05, 0) is 117 Å². The number of likely N-dealkylation sites (tertiary alicyclic amines) is 1. The molecule has 0 saturated carbocycles. The highest BCUT2D eigenvalue weighted by Crippen LogP contribution is 2.34. The predicted octanol–water partition coefficient (Wildman–Crippen LogP) is 6.24. The first-order valence-electron chi connectivity index (χ1n) is 16.3. The first-order chi connectivity index (χ1) is 22.1. The Hall–Kier alpha value is -4.56. The minimum atomic E-state index is -0.250. The Balaban J connectivity index is 1.14. The number of hydrogen-bond donors (Lipinski definition) is 4. The number of carbonyl (C=O) groups is 2. The molecule has 2 aromatic heterocycles. The van der Waals surface area contributed by atoms with E-state index >= 15 is 0 Å². The molecule has 1 aliphatic rings. The van der Waals surface area contributed by atoms with E-state index in [0.29, 0.717) is 32.0 Å². The molecule has 0 spiro atoms. The summed E-state index contributed by atoms with van der Waals surface area (Å²) in [6.45, 7) is 10.8. The number of nitrogens with zero attached hydrogens (tertiary/aromatic N) is 2. The van der Waals surface area contributed by atoms with E-state index in [4.69, 9.17) is 0 Å². The van der Waals surface area contributed by atoms with Gasteiger partial charge < -0.3 is 25.3 Å². The summed E-state index contributed by atoms with van der Waals surface area (Å²) in [7, 11) is 0. The molecular weight excluding hydrogens is 574 g/mol. The van der Waals surface area contributed by atoms with Gasteiger partial charge in [-0.25, -0.2) is 0 Å². The summed E-state index contributed by atoms with van der Waals surface area (Å²) in [5.74, 6) is 0.618. The molecule has 240 valence electrons. The number of benzene rings is 3. The van der Waals surface area contributed by atoms with E-state index in [1.54, 1.807) is 13.0 Å². The number of phenols is 1. The number of phenolic OH excluding ortho intramolecular Hbond substituents is 1. The maximum atomic E-state index is 13.6. The van der Waals surface area contributed by atoms with Crippen molar-refractivity contribution >= 4 is 33.6 Å². The van der Waals surface area contributed by atoms with Gasteiger partial charge in [-0.3, -0.25) is 14.5 Å². The van der Waals surface area contributed by atoms with E-state index in [9.17, 15) is 14.7 Å². The Morgan fingerprint density at radius 2 is 1.65 bits per heavy atom. The van der Waals surface area contributed by atoms with Crippen LogP contribution >= 0.6 is 0 Å². The van der Waals surface area contributed by atoms with Crippen LogP contribution in [0.3, 0.4) is 0 Å². The van der Waals surface area contributed by atoms with E-state index in [0.717, 1.165) is 58.9 Å². The van der Waals surface area contributed by atoms with Crippen LogP contribution in [0.5, 0.6) is 5.75 Å². The first-order valence-corrected chi connectivity index (χ1v) is 16.3. The standard InChI is InChI=1S/C38H45N5O3/c1-24-15-28(16-25(2)26(24)3)21-43(27(4)44)22-31(17-30-19-39-36-8-6-5-7-33(30)36)41-38(46)23-42-13-11-29(12-14-42)35-20-40-37-10-9-32(45)18-34(35)37/h5-10,15-16,18-20,29,31,39-40,45H,11-14,17,21-23H2,1-4H3,(H,41,46)/t31-/m1/s1. The number of rotatable bonds is 10. The molecule has 5 aromatic rings. The average Bonchev–Trinajstić information content (AvgIpc) is 3.63. The molecule has 4 N–H and O–H groups in total. The van der Waals surface area contributed by atoms with Crippen molar-refractivity contribution < 1.29 is 14.7 Å². The topological polar surface area (TPSA) is 104 Å². The van der Waals surface area contributed by atoms with Crippen LogP contribution in [0.1, 0.15) is 59.1 Å². The largest absolute Gasteiger partial charge is 0.508 e. The highest BCUT2D eigenvalue weighted by atomic mass is 16.3. The molecule has 1 aliphatic heterocycles. The lowest BCUT2D eigenvalue weighted by molar-refractivity contribution is -0.131. The Kier molecular flexibility index (Phi) is 9.17. The van der Waals surface area contributed by atoms with Crippen LogP contribution in [0.4, 0.5) is 0 Å². The highest BCUT2D eigenvalue weighted by molar-refractivity contribution is 5.85. The Labute approximate surface area is 270 Å². The molecule has 8 nitrogen and oxygen atoms in total. The van der Waals surface area contributed by atoms with Crippen molar-refractivity contribution in [2.24, 2.45) is 0 Å². The molecule has 0 aliphatic carbocycles. The molecule has 1 fully saturated rings. The second-order valence-corrected chi connectivity index (χ2v) is 13.1. The van der Waals surface area contributed by atoms with Gasteiger partial charge in [0.25, 0.3) is 0 Å². The lowest BCUT2D eigenvalue weighted by Crippen LogP contribution is -2.49. The smallest absolute Gasteiger partial charge is 0.234 e. The Bertz CT molecular complexity index is 1840. The van der Waals surface area contributed by atoms with E-state index in [-0.39, 0.29) is 23.6 Å². The first kappa shape index (κ1) is 31.4. The van der Waals surface area contributed by atoms with Crippen LogP contribution in [-0.4, -0.2) is 68.9 Å². The summed E-state index contributed by atoms with van der Waals surface area (Å²) >= 11 is 0.